The molecule has 2 rings (SSSR count). The van der Waals surface area contributed by atoms with E-state index in [2.05, 4.69) is 32.7 Å². The van der Waals surface area contributed by atoms with E-state index in [1.807, 2.05) is 38.1 Å². The van der Waals surface area contributed by atoms with E-state index < -0.39 is 0 Å². The summed E-state index contributed by atoms with van der Waals surface area (Å²) in [6.45, 7) is 11.5. The van der Waals surface area contributed by atoms with E-state index in [1.165, 1.54) is 0 Å². The summed E-state index contributed by atoms with van der Waals surface area (Å²) in [6.07, 6.45) is 0.821. The van der Waals surface area contributed by atoms with Gasteiger partial charge in [-0.3, -0.25) is 0 Å². The Bertz CT molecular complexity index is 680. The number of aromatic hydroxyl groups is 2. The molecule has 2 aromatic carbocycles. The number of hydrogen-bond acceptors (Lipinski definition) is 3. The van der Waals surface area contributed by atoms with E-state index in [-0.39, 0.29) is 23.0 Å². The minimum atomic E-state index is -0.0513. The predicted octanol–water partition coefficient (Wildman–Crippen LogP) is 4.97. The largest absolute Gasteiger partial charge is 0.508 e. The van der Waals surface area contributed by atoms with Crippen LogP contribution in [0.2, 0.25) is 0 Å². The Morgan fingerprint density at radius 3 is 1.72 bits per heavy atom. The lowest BCUT2D eigenvalue weighted by atomic mass is 9.85. The van der Waals surface area contributed by atoms with Crippen molar-refractivity contribution >= 4 is 0 Å². The summed E-state index contributed by atoms with van der Waals surface area (Å²) in [4.78, 5) is 2.31. The number of aryl methyl sites for hydroxylation is 2. The highest BCUT2D eigenvalue weighted by Crippen LogP contribution is 2.39. The van der Waals surface area contributed by atoms with Gasteiger partial charge in [-0.25, -0.2) is 0 Å². The summed E-state index contributed by atoms with van der Waals surface area (Å²) in [6, 6.07) is 11.4. The van der Waals surface area contributed by atoms with Crippen LogP contribution in [0.4, 0.5) is 0 Å². The smallest absolute Gasteiger partial charge is 0.119 e. The highest BCUT2D eigenvalue weighted by molar-refractivity contribution is 5.48. The van der Waals surface area contributed by atoms with Gasteiger partial charge >= 0.3 is 0 Å². The highest BCUT2D eigenvalue weighted by atomic mass is 16.3. The summed E-state index contributed by atoms with van der Waals surface area (Å²) >= 11 is 0. The molecule has 0 aliphatic heterocycles. The molecule has 0 aliphatic carbocycles. The van der Waals surface area contributed by atoms with Crippen molar-refractivity contribution in [2.24, 2.45) is 0 Å². The average Bonchev–Trinajstić information content (AvgIpc) is 2.52. The third-order valence-corrected chi connectivity index (χ3v) is 5.02. The molecule has 3 nitrogen and oxygen atoms in total. The molecule has 0 radical (unpaired) electrons. The van der Waals surface area contributed by atoms with Gasteiger partial charge in [0.2, 0.25) is 0 Å². The number of rotatable bonds is 5. The number of hydrogen-bond donors (Lipinski definition) is 2. The zero-order chi connectivity index (χ0) is 18.8. The van der Waals surface area contributed by atoms with Gasteiger partial charge in [0.25, 0.3) is 0 Å². The standard InChI is InChI=1S/C22H31NO2/c1-15-7-9-20(24)18(13-15)17(11-12-23(6)22(3,4)5)19-14-16(2)8-10-21(19)25/h7-10,13-14,17,24-25H,11-12H2,1-6H3. The van der Waals surface area contributed by atoms with Gasteiger partial charge in [-0.05, 0) is 66.8 Å². The lowest BCUT2D eigenvalue weighted by molar-refractivity contribution is 0.171. The topological polar surface area (TPSA) is 43.7 Å². The fourth-order valence-electron chi connectivity index (χ4n) is 3.04. The van der Waals surface area contributed by atoms with E-state index >= 15 is 0 Å². The Kier molecular flexibility index (Phi) is 5.79. The first kappa shape index (κ1) is 19.3. The fourth-order valence-corrected chi connectivity index (χ4v) is 3.04. The van der Waals surface area contributed by atoms with E-state index in [0.29, 0.717) is 0 Å². The van der Waals surface area contributed by atoms with Crippen LogP contribution in [0.1, 0.15) is 55.4 Å². The van der Waals surface area contributed by atoms with Gasteiger partial charge in [0.15, 0.2) is 0 Å². The molecule has 0 saturated heterocycles. The van der Waals surface area contributed by atoms with Crippen LogP contribution in [0.15, 0.2) is 36.4 Å². The predicted molar refractivity (Wildman–Crippen MR) is 105 cm³/mol. The summed E-state index contributed by atoms with van der Waals surface area (Å²) < 4.78 is 0. The molecule has 0 heterocycles. The van der Waals surface area contributed by atoms with Crippen molar-refractivity contribution in [3.8, 4) is 11.5 Å². The molecule has 0 saturated carbocycles. The van der Waals surface area contributed by atoms with Crippen LogP contribution in [0, 0.1) is 13.8 Å². The van der Waals surface area contributed by atoms with Crippen LogP contribution in [0.5, 0.6) is 11.5 Å². The molecular formula is C22H31NO2. The van der Waals surface area contributed by atoms with Gasteiger partial charge in [0, 0.05) is 22.6 Å². The van der Waals surface area contributed by atoms with Gasteiger partial charge in [0.1, 0.15) is 11.5 Å². The SMILES string of the molecule is Cc1ccc(O)c(C(CCN(C)C(C)(C)C)c2cc(C)ccc2O)c1. The molecule has 2 N–H and O–H groups in total. The molecular weight excluding hydrogens is 310 g/mol. The Balaban J connectivity index is 2.45. The average molecular weight is 341 g/mol. The number of nitrogens with zero attached hydrogens (tertiary/aromatic N) is 1. The van der Waals surface area contributed by atoms with Gasteiger partial charge < -0.3 is 15.1 Å². The molecule has 3 heteroatoms. The van der Waals surface area contributed by atoms with Crippen molar-refractivity contribution in [1.82, 2.24) is 4.90 Å². The van der Waals surface area contributed by atoms with Crippen LogP contribution in [-0.2, 0) is 0 Å². The van der Waals surface area contributed by atoms with Crippen molar-refractivity contribution in [1.29, 1.82) is 0 Å². The molecule has 2 aromatic rings. The molecule has 0 amide bonds. The van der Waals surface area contributed by atoms with Crippen LogP contribution in [-0.4, -0.2) is 34.2 Å². The first-order valence-electron chi connectivity index (χ1n) is 8.90. The maximum absolute atomic E-state index is 10.5. The second-order valence-electron chi connectivity index (χ2n) is 8.06. The molecule has 0 atom stereocenters. The molecule has 0 bridgehead atoms. The van der Waals surface area contributed by atoms with E-state index in [4.69, 9.17) is 0 Å². The van der Waals surface area contributed by atoms with Crippen LogP contribution in [0.3, 0.4) is 0 Å². The Morgan fingerprint density at radius 1 is 0.880 bits per heavy atom. The second-order valence-corrected chi connectivity index (χ2v) is 8.06. The Morgan fingerprint density at radius 2 is 1.32 bits per heavy atom. The first-order chi connectivity index (χ1) is 11.6. The monoisotopic (exact) mass is 341 g/mol. The molecule has 25 heavy (non-hydrogen) atoms. The van der Waals surface area contributed by atoms with Gasteiger partial charge in [-0.2, -0.15) is 0 Å². The van der Waals surface area contributed by atoms with E-state index in [1.54, 1.807) is 12.1 Å². The normalized spacial score (nSPS) is 12.2. The van der Waals surface area contributed by atoms with Gasteiger partial charge in [0.05, 0.1) is 0 Å². The quantitative estimate of drug-likeness (QED) is 0.807. The van der Waals surface area contributed by atoms with Crippen molar-refractivity contribution in [2.75, 3.05) is 13.6 Å². The zero-order valence-corrected chi connectivity index (χ0v) is 16.3. The molecule has 0 fully saturated rings. The van der Waals surface area contributed by atoms with Crippen molar-refractivity contribution in [3.05, 3.63) is 58.7 Å². The summed E-state index contributed by atoms with van der Waals surface area (Å²) in [7, 11) is 2.11. The minimum Gasteiger partial charge on any atom is -0.508 e. The number of benzene rings is 2. The fraction of sp³-hybridized carbons (Fsp3) is 0.455. The Hall–Kier alpha value is -2.00. The Labute approximate surface area is 151 Å². The van der Waals surface area contributed by atoms with Crippen LogP contribution in [0.25, 0.3) is 0 Å². The third-order valence-electron chi connectivity index (χ3n) is 5.02. The number of phenolic OH excluding ortho intramolecular Hbond substituents is 2. The van der Waals surface area contributed by atoms with Gasteiger partial charge in [-0.1, -0.05) is 35.4 Å². The highest BCUT2D eigenvalue weighted by Gasteiger charge is 2.24. The molecule has 0 aliphatic rings. The van der Waals surface area contributed by atoms with Crippen molar-refractivity contribution in [3.63, 3.8) is 0 Å². The summed E-state index contributed by atoms with van der Waals surface area (Å²) in [5.41, 5.74) is 4.04. The lowest BCUT2D eigenvalue weighted by Gasteiger charge is -2.33. The van der Waals surface area contributed by atoms with Gasteiger partial charge in [-0.15, -0.1) is 0 Å². The zero-order valence-electron chi connectivity index (χ0n) is 16.3. The maximum Gasteiger partial charge on any atom is 0.119 e. The minimum absolute atomic E-state index is 0.0513. The molecule has 0 spiro atoms. The van der Waals surface area contributed by atoms with Crippen LogP contribution >= 0.6 is 0 Å². The summed E-state index contributed by atoms with van der Waals surface area (Å²) in [5.74, 6) is 0.523. The third kappa shape index (κ3) is 4.76. The number of phenols is 2. The second kappa shape index (κ2) is 7.49. The molecule has 0 unspecified atom stereocenters. The van der Waals surface area contributed by atoms with Crippen molar-refractivity contribution in [2.45, 2.75) is 52.5 Å². The molecule has 136 valence electrons. The van der Waals surface area contributed by atoms with E-state index in [9.17, 15) is 10.2 Å². The van der Waals surface area contributed by atoms with Crippen molar-refractivity contribution < 1.29 is 10.2 Å². The first-order valence-corrected chi connectivity index (χ1v) is 8.90. The maximum atomic E-state index is 10.5. The summed E-state index contributed by atoms with van der Waals surface area (Å²) in [5, 5.41) is 20.9. The van der Waals surface area contributed by atoms with E-state index in [0.717, 1.165) is 35.2 Å². The van der Waals surface area contributed by atoms with Crippen LogP contribution < -0.4 is 0 Å². The lowest BCUT2D eigenvalue weighted by Crippen LogP contribution is -2.39. The molecule has 0 aromatic heterocycles.